The summed E-state index contributed by atoms with van der Waals surface area (Å²) in [6.45, 7) is 0. The van der Waals surface area contributed by atoms with Crippen molar-refractivity contribution in [2.75, 3.05) is 4.90 Å². The van der Waals surface area contributed by atoms with E-state index in [1.54, 1.807) is 0 Å². The zero-order chi connectivity index (χ0) is 18.8. The molecule has 1 aliphatic heterocycles. The van der Waals surface area contributed by atoms with Gasteiger partial charge in [-0.1, -0.05) is 49.2 Å². The lowest BCUT2D eigenvalue weighted by Crippen LogP contribution is -2.37. The van der Waals surface area contributed by atoms with Crippen molar-refractivity contribution in [2.45, 2.75) is 37.5 Å². The molecule has 0 unspecified atom stereocenters. The Balaban J connectivity index is 1.58. The van der Waals surface area contributed by atoms with Crippen molar-refractivity contribution in [3.63, 3.8) is 0 Å². The molecule has 28 heavy (non-hydrogen) atoms. The Morgan fingerprint density at radius 1 is 0.857 bits per heavy atom. The zero-order valence-corrected chi connectivity index (χ0v) is 15.6. The van der Waals surface area contributed by atoms with Crippen molar-refractivity contribution in [1.29, 1.82) is 0 Å². The van der Waals surface area contributed by atoms with Crippen LogP contribution in [0, 0.1) is 11.8 Å². The SMILES string of the molecule is O=C1[C@@H]2[C@@H]3CCCC[C@@H]3c3c([nH]c4ccccc34)[C@@H]2C(=O)N1c1ccccc1. The predicted molar refractivity (Wildman–Crippen MR) is 108 cm³/mol. The second kappa shape index (κ2) is 5.81. The number of hydrogen-bond acceptors (Lipinski definition) is 2. The fourth-order valence-corrected chi connectivity index (χ4v) is 6.03. The molecule has 3 aliphatic rings. The van der Waals surface area contributed by atoms with E-state index in [0.29, 0.717) is 11.6 Å². The Labute approximate surface area is 163 Å². The smallest absolute Gasteiger partial charge is 0.243 e. The van der Waals surface area contributed by atoms with Gasteiger partial charge >= 0.3 is 0 Å². The van der Waals surface area contributed by atoms with Gasteiger partial charge in [0.05, 0.1) is 17.5 Å². The summed E-state index contributed by atoms with van der Waals surface area (Å²) in [5, 5.41) is 1.23. The monoisotopic (exact) mass is 370 g/mol. The van der Waals surface area contributed by atoms with Gasteiger partial charge in [-0.25, -0.2) is 4.90 Å². The fraction of sp³-hybridized carbons (Fsp3) is 0.333. The average molecular weight is 370 g/mol. The predicted octanol–water partition coefficient (Wildman–Crippen LogP) is 4.73. The molecule has 2 aromatic carbocycles. The van der Waals surface area contributed by atoms with Crippen LogP contribution in [0.4, 0.5) is 5.69 Å². The lowest BCUT2D eigenvalue weighted by atomic mass is 9.61. The fourth-order valence-electron chi connectivity index (χ4n) is 6.03. The molecule has 1 saturated heterocycles. The number of rotatable bonds is 1. The maximum atomic E-state index is 13.5. The number of para-hydroxylation sites is 2. The second-order valence-corrected chi connectivity index (χ2v) is 8.40. The van der Waals surface area contributed by atoms with E-state index in [0.717, 1.165) is 30.5 Å². The molecule has 1 aromatic heterocycles. The number of fused-ring (bicyclic) bond motifs is 8. The quantitative estimate of drug-likeness (QED) is 0.630. The van der Waals surface area contributed by atoms with Crippen LogP contribution in [0.1, 0.15) is 48.8 Å². The van der Waals surface area contributed by atoms with E-state index in [2.05, 4.69) is 23.2 Å². The Morgan fingerprint density at radius 3 is 2.46 bits per heavy atom. The molecule has 2 aliphatic carbocycles. The number of carbonyl (C=O) groups is 2. The van der Waals surface area contributed by atoms with Crippen molar-refractivity contribution in [2.24, 2.45) is 11.8 Å². The number of aromatic nitrogens is 1. The van der Waals surface area contributed by atoms with E-state index < -0.39 is 0 Å². The molecule has 0 spiro atoms. The third kappa shape index (κ3) is 2.00. The summed E-state index contributed by atoms with van der Waals surface area (Å²) in [6.07, 6.45) is 4.49. The van der Waals surface area contributed by atoms with Crippen molar-refractivity contribution in [1.82, 2.24) is 4.98 Å². The number of nitrogens with one attached hydrogen (secondary N) is 1. The highest BCUT2D eigenvalue weighted by molar-refractivity contribution is 6.24. The number of imide groups is 1. The van der Waals surface area contributed by atoms with Gasteiger partial charge in [0.1, 0.15) is 0 Å². The van der Waals surface area contributed by atoms with Gasteiger partial charge in [-0.3, -0.25) is 9.59 Å². The minimum atomic E-state index is -0.380. The van der Waals surface area contributed by atoms with Crippen LogP contribution < -0.4 is 4.90 Å². The number of nitrogens with zero attached hydrogens (tertiary/aromatic N) is 1. The van der Waals surface area contributed by atoms with E-state index in [4.69, 9.17) is 0 Å². The number of H-pyrrole nitrogens is 1. The third-order valence-electron chi connectivity index (χ3n) is 7.10. The third-order valence-corrected chi connectivity index (χ3v) is 7.10. The minimum absolute atomic E-state index is 0.0117. The van der Waals surface area contributed by atoms with Crippen LogP contribution in [0.3, 0.4) is 0 Å². The van der Waals surface area contributed by atoms with Gasteiger partial charge in [0.2, 0.25) is 11.8 Å². The van der Waals surface area contributed by atoms with Gasteiger partial charge in [-0.15, -0.1) is 0 Å². The number of hydrogen-bond donors (Lipinski definition) is 1. The molecule has 2 fully saturated rings. The maximum Gasteiger partial charge on any atom is 0.243 e. The Morgan fingerprint density at radius 2 is 1.61 bits per heavy atom. The lowest BCUT2D eigenvalue weighted by molar-refractivity contribution is -0.123. The first-order chi connectivity index (χ1) is 13.8. The molecule has 1 N–H and O–H groups in total. The van der Waals surface area contributed by atoms with Crippen LogP contribution >= 0.6 is 0 Å². The highest BCUT2D eigenvalue weighted by atomic mass is 16.2. The van der Waals surface area contributed by atoms with E-state index in [-0.39, 0.29) is 29.6 Å². The van der Waals surface area contributed by atoms with Gasteiger partial charge in [0.15, 0.2) is 0 Å². The minimum Gasteiger partial charge on any atom is -0.357 e. The molecule has 0 radical (unpaired) electrons. The van der Waals surface area contributed by atoms with E-state index in [1.165, 1.54) is 22.3 Å². The largest absolute Gasteiger partial charge is 0.357 e. The van der Waals surface area contributed by atoms with Crippen LogP contribution in [0.15, 0.2) is 54.6 Å². The highest BCUT2D eigenvalue weighted by Crippen LogP contribution is 2.57. The molecule has 0 bridgehead atoms. The molecule has 140 valence electrons. The van der Waals surface area contributed by atoms with Crippen molar-refractivity contribution in [3.8, 4) is 0 Å². The number of benzene rings is 2. The summed E-state index contributed by atoms with van der Waals surface area (Å²) in [5.74, 6) is -0.0716. The van der Waals surface area contributed by atoms with Gasteiger partial charge in [0, 0.05) is 16.6 Å². The Bertz CT molecular complexity index is 1100. The van der Waals surface area contributed by atoms with Crippen LogP contribution in [0.2, 0.25) is 0 Å². The number of anilines is 1. The number of carbonyl (C=O) groups excluding carboxylic acids is 2. The summed E-state index contributed by atoms with van der Waals surface area (Å²) in [5.41, 5.74) is 4.07. The summed E-state index contributed by atoms with van der Waals surface area (Å²) >= 11 is 0. The van der Waals surface area contributed by atoms with Crippen LogP contribution in [-0.2, 0) is 9.59 Å². The number of amides is 2. The summed E-state index contributed by atoms with van der Waals surface area (Å²) in [7, 11) is 0. The standard InChI is InChI=1S/C24H22N2O2/c27-23-20-16-11-5-4-10-15(16)19-17-12-6-7-13-18(17)25-22(19)21(20)24(28)26(23)14-8-2-1-3-9-14/h1-3,6-9,12-13,15-16,20-21,25H,4-5,10-11H2/t15-,16+,20+,21+/m0/s1. The maximum absolute atomic E-state index is 13.5. The van der Waals surface area contributed by atoms with Crippen LogP contribution in [0.25, 0.3) is 10.9 Å². The summed E-state index contributed by atoms with van der Waals surface area (Å²) < 4.78 is 0. The average Bonchev–Trinajstić information content (AvgIpc) is 3.24. The molecule has 3 aromatic rings. The molecule has 4 atom stereocenters. The molecular weight excluding hydrogens is 348 g/mol. The van der Waals surface area contributed by atoms with Crippen molar-refractivity contribution in [3.05, 3.63) is 65.9 Å². The van der Waals surface area contributed by atoms with Gasteiger partial charge in [-0.05, 0) is 48.4 Å². The summed E-state index contributed by atoms with van der Waals surface area (Å²) in [4.78, 5) is 32.1. The van der Waals surface area contributed by atoms with Crippen molar-refractivity contribution < 1.29 is 9.59 Å². The van der Waals surface area contributed by atoms with Crippen LogP contribution in [-0.4, -0.2) is 16.8 Å². The molecule has 1 saturated carbocycles. The Kier molecular flexibility index (Phi) is 3.34. The first-order valence-corrected chi connectivity index (χ1v) is 10.3. The molecule has 2 heterocycles. The van der Waals surface area contributed by atoms with E-state index in [9.17, 15) is 9.59 Å². The van der Waals surface area contributed by atoms with E-state index >= 15 is 0 Å². The second-order valence-electron chi connectivity index (χ2n) is 8.40. The Hall–Kier alpha value is -2.88. The molecular formula is C24H22N2O2. The van der Waals surface area contributed by atoms with Gasteiger partial charge in [-0.2, -0.15) is 0 Å². The van der Waals surface area contributed by atoms with Crippen LogP contribution in [0.5, 0.6) is 0 Å². The van der Waals surface area contributed by atoms with Crippen molar-refractivity contribution >= 4 is 28.4 Å². The van der Waals surface area contributed by atoms with E-state index in [1.807, 2.05) is 36.4 Å². The topological polar surface area (TPSA) is 53.2 Å². The molecule has 4 heteroatoms. The highest BCUT2D eigenvalue weighted by Gasteiger charge is 2.58. The molecule has 6 rings (SSSR count). The lowest BCUT2D eigenvalue weighted by Gasteiger charge is -2.41. The normalized spacial score (nSPS) is 28.9. The molecule has 2 amide bonds. The first-order valence-electron chi connectivity index (χ1n) is 10.3. The number of aromatic amines is 1. The zero-order valence-electron chi connectivity index (χ0n) is 15.6. The first kappa shape index (κ1) is 16.1. The molecule has 4 nitrogen and oxygen atoms in total. The van der Waals surface area contributed by atoms with Gasteiger partial charge in [0.25, 0.3) is 0 Å². The summed E-state index contributed by atoms with van der Waals surface area (Å²) in [6, 6.07) is 17.7. The van der Waals surface area contributed by atoms with Gasteiger partial charge < -0.3 is 4.98 Å².